The zero-order valence-electron chi connectivity index (χ0n) is 12.5. The van der Waals surface area contributed by atoms with Crippen LogP contribution in [0, 0.1) is 13.8 Å². The molecule has 0 aromatic carbocycles. The predicted molar refractivity (Wildman–Crippen MR) is 104 cm³/mol. The summed E-state index contributed by atoms with van der Waals surface area (Å²) in [5.74, 6) is 0. The molecule has 0 spiro atoms. The quantitative estimate of drug-likeness (QED) is 0.469. The van der Waals surface area contributed by atoms with Crippen molar-refractivity contribution in [2.24, 2.45) is 0 Å². The highest BCUT2D eigenvalue weighted by molar-refractivity contribution is 8.09. The standard InChI is InChI=1S/C18H16S4/c1-11-3-5-13(19-11)15-7-9-17(21-15)18-10-8-16(22-18)14-6-4-12(2)20-14/h3-9,18H,10H2,1-2H3. The highest BCUT2D eigenvalue weighted by Crippen LogP contribution is 2.51. The van der Waals surface area contributed by atoms with Crippen molar-refractivity contribution < 1.29 is 0 Å². The second-order valence-electron chi connectivity index (χ2n) is 5.43. The second-order valence-corrected chi connectivity index (χ2v) is 10.4. The molecule has 4 heterocycles. The molecule has 1 aliphatic rings. The van der Waals surface area contributed by atoms with Gasteiger partial charge in [-0.3, -0.25) is 0 Å². The Kier molecular flexibility index (Phi) is 4.03. The van der Waals surface area contributed by atoms with E-state index in [1.54, 1.807) is 0 Å². The van der Waals surface area contributed by atoms with Gasteiger partial charge in [0.2, 0.25) is 0 Å². The van der Waals surface area contributed by atoms with Crippen LogP contribution in [0.1, 0.15) is 31.2 Å². The third-order valence-electron chi connectivity index (χ3n) is 3.70. The molecule has 1 aliphatic heterocycles. The Balaban J connectivity index is 1.52. The molecule has 0 radical (unpaired) electrons. The van der Waals surface area contributed by atoms with Gasteiger partial charge < -0.3 is 0 Å². The highest BCUT2D eigenvalue weighted by atomic mass is 32.2. The summed E-state index contributed by atoms with van der Waals surface area (Å²) < 4.78 is 0. The summed E-state index contributed by atoms with van der Waals surface area (Å²) in [6.07, 6.45) is 3.57. The first-order chi connectivity index (χ1) is 10.7. The maximum atomic E-state index is 2.41. The Hall–Kier alpha value is -0.810. The summed E-state index contributed by atoms with van der Waals surface area (Å²) in [5.41, 5.74) is 0. The van der Waals surface area contributed by atoms with Gasteiger partial charge in [-0.2, -0.15) is 0 Å². The van der Waals surface area contributed by atoms with Crippen molar-refractivity contribution in [1.29, 1.82) is 0 Å². The fourth-order valence-electron chi connectivity index (χ4n) is 2.59. The molecule has 3 aromatic rings. The van der Waals surface area contributed by atoms with Crippen LogP contribution in [0.25, 0.3) is 14.7 Å². The van der Waals surface area contributed by atoms with Crippen LogP contribution in [0.15, 0.2) is 42.5 Å². The van der Waals surface area contributed by atoms with E-state index < -0.39 is 0 Å². The topological polar surface area (TPSA) is 0 Å². The smallest absolute Gasteiger partial charge is 0.0473 e. The first-order valence-corrected chi connectivity index (χ1v) is 10.6. The van der Waals surface area contributed by atoms with Gasteiger partial charge in [0.15, 0.2) is 0 Å². The summed E-state index contributed by atoms with van der Waals surface area (Å²) in [6, 6.07) is 13.5. The molecular weight excluding hydrogens is 344 g/mol. The monoisotopic (exact) mass is 360 g/mol. The lowest BCUT2D eigenvalue weighted by atomic mass is 10.2. The molecule has 0 saturated heterocycles. The fraction of sp³-hybridized carbons (Fsp3) is 0.222. The molecule has 4 heteroatoms. The van der Waals surface area contributed by atoms with Crippen LogP contribution >= 0.6 is 45.8 Å². The minimum Gasteiger partial charge on any atom is -0.140 e. The van der Waals surface area contributed by atoms with Gasteiger partial charge in [0.05, 0.1) is 0 Å². The van der Waals surface area contributed by atoms with E-state index in [9.17, 15) is 0 Å². The number of hydrogen-bond acceptors (Lipinski definition) is 4. The lowest BCUT2D eigenvalue weighted by molar-refractivity contribution is 1.02. The molecule has 0 nitrogen and oxygen atoms in total. The molecule has 0 N–H and O–H groups in total. The van der Waals surface area contributed by atoms with Gasteiger partial charge >= 0.3 is 0 Å². The first kappa shape index (κ1) is 14.8. The number of aryl methyl sites for hydroxylation is 2. The average molecular weight is 361 g/mol. The van der Waals surface area contributed by atoms with Gasteiger partial charge in [-0.1, -0.05) is 6.08 Å². The largest absolute Gasteiger partial charge is 0.140 e. The van der Waals surface area contributed by atoms with Gasteiger partial charge in [0.1, 0.15) is 0 Å². The Morgan fingerprint density at radius 1 is 0.773 bits per heavy atom. The minimum absolute atomic E-state index is 0.595. The number of thiophene rings is 3. The third-order valence-corrected chi connectivity index (χ3v) is 8.78. The van der Waals surface area contributed by atoms with E-state index in [2.05, 4.69) is 56.3 Å². The molecule has 0 aliphatic carbocycles. The van der Waals surface area contributed by atoms with Crippen LogP contribution in [-0.4, -0.2) is 0 Å². The maximum Gasteiger partial charge on any atom is 0.0473 e. The van der Waals surface area contributed by atoms with Crippen LogP contribution in [0.3, 0.4) is 0 Å². The van der Waals surface area contributed by atoms with Crippen molar-refractivity contribution in [3.8, 4) is 9.75 Å². The number of rotatable bonds is 3. The molecule has 1 unspecified atom stereocenters. The van der Waals surface area contributed by atoms with E-state index >= 15 is 0 Å². The Morgan fingerprint density at radius 3 is 2.09 bits per heavy atom. The molecule has 4 rings (SSSR count). The molecule has 1 atom stereocenters. The van der Waals surface area contributed by atoms with E-state index in [1.165, 1.54) is 34.2 Å². The lowest BCUT2D eigenvalue weighted by Gasteiger charge is -2.06. The summed E-state index contributed by atoms with van der Waals surface area (Å²) in [5, 5.41) is 0.595. The van der Waals surface area contributed by atoms with Crippen molar-refractivity contribution in [2.45, 2.75) is 25.5 Å². The Bertz CT molecular complexity index is 831. The van der Waals surface area contributed by atoms with E-state index in [-0.39, 0.29) is 0 Å². The van der Waals surface area contributed by atoms with E-state index in [0.717, 1.165) is 6.42 Å². The fourth-order valence-corrected chi connectivity index (χ4v) is 6.98. The third kappa shape index (κ3) is 2.85. The van der Waals surface area contributed by atoms with Gasteiger partial charge in [-0.25, -0.2) is 0 Å². The summed E-state index contributed by atoms with van der Waals surface area (Å²) >= 11 is 7.78. The molecule has 112 valence electrons. The SMILES string of the molecule is Cc1ccc(C2=CCC(c3ccc(-c4ccc(C)s4)s3)S2)s1. The Labute approximate surface area is 147 Å². The van der Waals surface area contributed by atoms with Crippen molar-refractivity contribution in [2.75, 3.05) is 0 Å². The molecule has 3 aromatic heterocycles. The van der Waals surface area contributed by atoms with Crippen LogP contribution in [0.5, 0.6) is 0 Å². The van der Waals surface area contributed by atoms with Crippen LogP contribution < -0.4 is 0 Å². The number of hydrogen-bond donors (Lipinski definition) is 0. The zero-order valence-corrected chi connectivity index (χ0v) is 15.7. The first-order valence-electron chi connectivity index (χ1n) is 7.29. The van der Waals surface area contributed by atoms with Crippen molar-refractivity contribution in [1.82, 2.24) is 0 Å². The van der Waals surface area contributed by atoms with Crippen molar-refractivity contribution >= 4 is 50.7 Å². The van der Waals surface area contributed by atoms with Gasteiger partial charge in [0.25, 0.3) is 0 Å². The summed E-state index contributed by atoms with van der Waals surface area (Å²) in [7, 11) is 0. The Morgan fingerprint density at radius 2 is 1.41 bits per heavy atom. The molecule has 0 fully saturated rings. The van der Waals surface area contributed by atoms with Crippen molar-refractivity contribution in [3.63, 3.8) is 0 Å². The molecule has 0 bridgehead atoms. The summed E-state index contributed by atoms with van der Waals surface area (Å²) in [6.45, 7) is 4.36. The second kappa shape index (κ2) is 6.00. The highest BCUT2D eigenvalue weighted by Gasteiger charge is 2.23. The predicted octanol–water partition coefficient (Wildman–Crippen LogP) is 7.37. The molecule has 0 saturated carbocycles. The average Bonchev–Trinajstić information content (AvgIpc) is 3.24. The van der Waals surface area contributed by atoms with E-state index in [1.807, 2.05) is 45.8 Å². The van der Waals surface area contributed by atoms with Crippen molar-refractivity contribution in [3.05, 3.63) is 62.0 Å². The van der Waals surface area contributed by atoms with Crippen LogP contribution in [0.4, 0.5) is 0 Å². The number of allylic oxidation sites excluding steroid dienone is 1. The van der Waals surface area contributed by atoms with Gasteiger partial charge in [-0.15, -0.1) is 45.8 Å². The molecule has 0 amide bonds. The normalized spacial score (nSPS) is 17.9. The minimum atomic E-state index is 0.595. The summed E-state index contributed by atoms with van der Waals surface area (Å²) in [4.78, 5) is 9.99. The number of thioether (sulfide) groups is 1. The zero-order chi connectivity index (χ0) is 15.1. The molecular formula is C18H16S4. The maximum absolute atomic E-state index is 2.41. The van der Waals surface area contributed by atoms with Gasteiger partial charge in [-0.05, 0) is 56.7 Å². The van der Waals surface area contributed by atoms with Crippen LogP contribution in [0.2, 0.25) is 0 Å². The molecule has 22 heavy (non-hydrogen) atoms. The van der Waals surface area contributed by atoms with Gasteiger partial charge in [0, 0.05) is 39.4 Å². The van der Waals surface area contributed by atoms with E-state index in [0.29, 0.717) is 5.25 Å². The van der Waals surface area contributed by atoms with E-state index in [4.69, 9.17) is 0 Å². The lowest BCUT2D eigenvalue weighted by Crippen LogP contribution is -1.82. The van der Waals surface area contributed by atoms with Crippen LogP contribution in [-0.2, 0) is 0 Å².